The van der Waals surface area contributed by atoms with Gasteiger partial charge in [-0.05, 0) is 30.7 Å². The van der Waals surface area contributed by atoms with E-state index >= 15 is 0 Å². The van der Waals surface area contributed by atoms with Gasteiger partial charge in [0, 0.05) is 17.8 Å². The van der Waals surface area contributed by atoms with Gasteiger partial charge in [-0.3, -0.25) is 4.79 Å². The van der Waals surface area contributed by atoms with E-state index in [4.69, 9.17) is 11.6 Å². The lowest BCUT2D eigenvalue weighted by molar-refractivity contribution is -0.120. The van der Waals surface area contributed by atoms with E-state index in [1.54, 1.807) is 6.20 Å². The van der Waals surface area contributed by atoms with E-state index in [0.29, 0.717) is 11.6 Å². The van der Waals surface area contributed by atoms with E-state index in [0.717, 1.165) is 10.6 Å². The van der Waals surface area contributed by atoms with Gasteiger partial charge in [-0.15, -0.1) is 0 Å². The van der Waals surface area contributed by atoms with Gasteiger partial charge < -0.3 is 5.32 Å². The predicted octanol–water partition coefficient (Wildman–Crippen LogP) is 3.53. The Morgan fingerprint density at radius 2 is 2.05 bits per heavy atom. The fourth-order valence-corrected chi connectivity index (χ4v) is 2.65. The van der Waals surface area contributed by atoms with Crippen LogP contribution >= 0.6 is 23.4 Å². The van der Waals surface area contributed by atoms with Crippen LogP contribution in [0.15, 0.2) is 53.7 Å². The molecule has 0 aliphatic heterocycles. The maximum Gasteiger partial charge on any atom is 0.233 e. The largest absolute Gasteiger partial charge is 0.351 e. The molecule has 0 aliphatic rings. The van der Waals surface area contributed by atoms with E-state index in [9.17, 15) is 4.79 Å². The van der Waals surface area contributed by atoms with Gasteiger partial charge in [0.2, 0.25) is 5.91 Å². The second-order valence-electron chi connectivity index (χ2n) is 4.24. The predicted molar refractivity (Wildman–Crippen MR) is 82.9 cm³/mol. The zero-order chi connectivity index (χ0) is 14.4. The lowest BCUT2D eigenvalue weighted by Gasteiger charge is -2.12. The molecule has 1 aromatic carbocycles. The summed E-state index contributed by atoms with van der Waals surface area (Å²) in [4.78, 5) is 16.2. The molecule has 3 nitrogen and oxygen atoms in total. The maximum atomic E-state index is 12.0. The highest BCUT2D eigenvalue weighted by Crippen LogP contribution is 2.21. The lowest BCUT2D eigenvalue weighted by atomic mass is 10.2. The fraction of sp³-hybridized carbons (Fsp3) is 0.200. The molecule has 1 amide bonds. The van der Waals surface area contributed by atoms with Gasteiger partial charge in [-0.25, -0.2) is 4.98 Å². The number of carbonyl (C=O) groups excluding carboxylic acids is 1. The molecule has 0 unspecified atom stereocenters. The molecule has 1 heterocycles. The second kappa shape index (κ2) is 7.31. The number of hydrogen-bond acceptors (Lipinski definition) is 3. The Kier molecular flexibility index (Phi) is 5.44. The molecule has 1 atom stereocenters. The van der Waals surface area contributed by atoms with Crippen molar-refractivity contribution in [3.05, 3.63) is 59.2 Å². The summed E-state index contributed by atoms with van der Waals surface area (Å²) in [6.07, 6.45) is 1.72. The van der Waals surface area contributed by atoms with Gasteiger partial charge in [-0.2, -0.15) is 0 Å². The number of carbonyl (C=O) groups is 1. The molecule has 20 heavy (non-hydrogen) atoms. The Bertz CT molecular complexity index is 577. The third kappa shape index (κ3) is 4.25. The first-order valence-corrected chi connectivity index (χ1v) is 7.51. The van der Waals surface area contributed by atoms with Crippen LogP contribution in [0.5, 0.6) is 0 Å². The van der Waals surface area contributed by atoms with Crippen LogP contribution in [0.4, 0.5) is 0 Å². The number of thioether (sulfide) groups is 1. The monoisotopic (exact) mass is 306 g/mol. The molecule has 0 fully saturated rings. The Morgan fingerprint density at radius 3 is 2.75 bits per heavy atom. The van der Waals surface area contributed by atoms with Gasteiger partial charge in [0.1, 0.15) is 0 Å². The number of halogens is 1. The Morgan fingerprint density at radius 1 is 1.30 bits per heavy atom. The molecule has 5 heteroatoms. The highest BCUT2D eigenvalue weighted by Gasteiger charge is 2.14. The zero-order valence-corrected chi connectivity index (χ0v) is 12.6. The van der Waals surface area contributed by atoms with Gasteiger partial charge in [-0.1, -0.05) is 47.6 Å². The molecule has 1 aromatic heterocycles. The summed E-state index contributed by atoms with van der Waals surface area (Å²) in [5.74, 6) is -0.0272. The van der Waals surface area contributed by atoms with Gasteiger partial charge >= 0.3 is 0 Å². The van der Waals surface area contributed by atoms with Crippen LogP contribution in [0, 0.1) is 0 Å². The van der Waals surface area contributed by atoms with Crippen molar-refractivity contribution in [1.29, 1.82) is 0 Å². The molecule has 2 rings (SSSR count). The molecule has 104 valence electrons. The highest BCUT2D eigenvalue weighted by atomic mass is 35.5. The van der Waals surface area contributed by atoms with Crippen molar-refractivity contribution >= 4 is 29.3 Å². The lowest BCUT2D eigenvalue weighted by Crippen LogP contribution is -2.30. The molecule has 0 saturated carbocycles. The van der Waals surface area contributed by atoms with Crippen LogP contribution < -0.4 is 5.32 Å². The number of amides is 1. The number of rotatable bonds is 5. The number of nitrogens with one attached hydrogen (secondary N) is 1. The normalized spacial score (nSPS) is 11.9. The minimum absolute atomic E-state index is 0.0272. The van der Waals surface area contributed by atoms with Crippen LogP contribution in [0.2, 0.25) is 5.02 Å². The molecule has 0 spiro atoms. The summed E-state index contributed by atoms with van der Waals surface area (Å²) in [6.45, 7) is 2.30. The summed E-state index contributed by atoms with van der Waals surface area (Å²) in [7, 11) is 0. The smallest absolute Gasteiger partial charge is 0.233 e. The third-order valence-corrected chi connectivity index (χ3v) is 4.13. The van der Waals surface area contributed by atoms with Crippen LogP contribution in [0.1, 0.15) is 12.5 Å². The number of pyridine rings is 1. The van der Waals surface area contributed by atoms with Crippen molar-refractivity contribution in [2.24, 2.45) is 0 Å². The van der Waals surface area contributed by atoms with Crippen molar-refractivity contribution in [2.45, 2.75) is 23.7 Å². The number of hydrogen-bond donors (Lipinski definition) is 1. The second-order valence-corrected chi connectivity index (χ2v) is 6.01. The number of nitrogens with zero attached hydrogens (tertiary/aromatic N) is 1. The molecular formula is C15H15ClN2OS. The molecule has 0 bridgehead atoms. The first-order chi connectivity index (χ1) is 9.66. The van der Waals surface area contributed by atoms with Gasteiger partial charge in [0.15, 0.2) is 0 Å². The average molecular weight is 307 g/mol. The van der Waals surface area contributed by atoms with Crippen molar-refractivity contribution in [3.8, 4) is 0 Å². The Labute approximate surface area is 127 Å². The minimum atomic E-state index is -0.201. The first-order valence-electron chi connectivity index (χ1n) is 6.25. The van der Waals surface area contributed by atoms with Gasteiger partial charge in [0.05, 0.1) is 10.3 Å². The third-order valence-electron chi connectivity index (χ3n) is 2.72. The molecular weight excluding hydrogens is 292 g/mol. The Hall–Kier alpha value is -1.52. The highest BCUT2D eigenvalue weighted by molar-refractivity contribution is 8.00. The maximum absolute atomic E-state index is 12.0. The van der Waals surface area contributed by atoms with Crippen molar-refractivity contribution in [1.82, 2.24) is 10.3 Å². The van der Waals surface area contributed by atoms with Crippen LogP contribution in [0.25, 0.3) is 0 Å². The summed E-state index contributed by atoms with van der Waals surface area (Å²) >= 11 is 7.49. The summed E-state index contributed by atoms with van der Waals surface area (Å²) in [5.41, 5.74) is 0.914. The minimum Gasteiger partial charge on any atom is -0.351 e. The van der Waals surface area contributed by atoms with E-state index in [-0.39, 0.29) is 11.2 Å². The summed E-state index contributed by atoms with van der Waals surface area (Å²) < 4.78 is 0. The van der Waals surface area contributed by atoms with E-state index in [1.165, 1.54) is 11.8 Å². The zero-order valence-electron chi connectivity index (χ0n) is 11.0. The standard InChI is InChI=1S/C15H15ClN2OS/c1-11(20-14-8-4-5-9-17-14)15(19)18-10-12-6-2-3-7-13(12)16/h2-9,11H,10H2,1H3,(H,18,19)/t11-/m0/s1. The molecule has 2 aromatic rings. The van der Waals surface area contributed by atoms with Crippen molar-refractivity contribution < 1.29 is 4.79 Å². The van der Waals surface area contributed by atoms with Crippen LogP contribution in [-0.2, 0) is 11.3 Å². The fourth-order valence-electron chi connectivity index (χ4n) is 1.62. The number of benzene rings is 1. The van der Waals surface area contributed by atoms with Gasteiger partial charge in [0.25, 0.3) is 0 Å². The number of aromatic nitrogens is 1. The van der Waals surface area contributed by atoms with Crippen molar-refractivity contribution in [2.75, 3.05) is 0 Å². The Balaban J connectivity index is 1.87. The topological polar surface area (TPSA) is 42.0 Å². The molecule has 0 saturated heterocycles. The van der Waals surface area contributed by atoms with Crippen LogP contribution in [-0.4, -0.2) is 16.1 Å². The van der Waals surface area contributed by atoms with E-state index in [2.05, 4.69) is 10.3 Å². The van der Waals surface area contributed by atoms with E-state index in [1.807, 2.05) is 49.4 Å². The molecule has 1 N–H and O–H groups in total. The van der Waals surface area contributed by atoms with Crippen LogP contribution in [0.3, 0.4) is 0 Å². The molecule has 0 aliphatic carbocycles. The van der Waals surface area contributed by atoms with Crippen molar-refractivity contribution in [3.63, 3.8) is 0 Å². The molecule has 0 radical (unpaired) electrons. The summed E-state index contributed by atoms with van der Waals surface area (Å²) in [6, 6.07) is 13.1. The average Bonchev–Trinajstić information content (AvgIpc) is 2.47. The first kappa shape index (κ1) is 14.9. The SMILES string of the molecule is C[C@H](Sc1ccccn1)C(=O)NCc1ccccc1Cl. The quantitative estimate of drug-likeness (QED) is 0.859. The summed E-state index contributed by atoms with van der Waals surface area (Å²) in [5, 5.41) is 4.19. The van der Waals surface area contributed by atoms with E-state index < -0.39 is 0 Å².